The maximum Gasteiger partial charge on any atom is 0.0940 e. The lowest BCUT2D eigenvalue weighted by molar-refractivity contribution is 1.50. The largest absolute Gasteiger partial charge is 0.123 e. The van der Waals surface area contributed by atoms with Crippen LogP contribution in [0.25, 0.3) is 10.1 Å². The molecule has 0 bridgehead atoms. The van der Waals surface area contributed by atoms with Crippen molar-refractivity contribution in [1.29, 1.82) is 0 Å². The molecule has 0 aliphatic carbocycles. The Morgan fingerprint density at radius 2 is 2.17 bits per heavy atom. The van der Waals surface area contributed by atoms with Crippen molar-refractivity contribution in [3.8, 4) is 0 Å². The Labute approximate surface area is 88.3 Å². The number of thiophene rings is 1. The van der Waals surface area contributed by atoms with Gasteiger partial charge in [0, 0.05) is 9.17 Å². The van der Waals surface area contributed by atoms with Gasteiger partial charge in [-0.05, 0) is 36.1 Å². The molecule has 1 heterocycles. The summed E-state index contributed by atoms with van der Waals surface area (Å²) in [6.07, 6.45) is 0. The number of benzene rings is 1. The molecule has 62 valence electrons. The second-order valence-electron chi connectivity index (χ2n) is 2.63. The number of hydrogen-bond donors (Lipinski definition) is 0. The molecule has 12 heavy (non-hydrogen) atoms. The highest BCUT2D eigenvalue weighted by Gasteiger charge is 2.04. The van der Waals surface area contributed by atoms with Crippen molar-refractivity contribution in [1.82, 2.24) is 0 Å². The van der Waals surface area contributed by atoms with E-state index < -0.39 is 0 Å². The summed E-state index contributed by atoms with van der Waals surface area (Å²) in [5.74, 6) is 0. The van der Waals surface area contributed by atoms with E-state index in [9.17, 15) is 0 Å². The number of hydrogen-bond acceptors (Lipinski definition) is 1. The molecule has 0 amide bonds. The van der Waals surface area contributed by atoms with Crippen LogP contribution in [0.1, 0.15) is 5.56 Å². The van der Waals surface area contributed by atoms with E-state index in [-0.39, 0.29) is 0 Å². The van der Waals surface area contributed by atoms with E-state index in [1.54, 1.807) is 11.3 Å². The van der Waals surface area contributed by atoms with Crippen molar-refractivity contribution < 1.29 is 0 Å². The number of fused-ring (bicyclic) bond motifs is 1. The van der Waals surface area contributed by atoms with Crippen LogP contribution in [0.5, 0.6) is 0 Å². The van der Waals surface area contributed by atoms with E-state index in [0.29, 0.717) is 0 Å². The Bertz CT molecular complexity index is 433. The number of rotatable bonds is 0. The molecule has 0 radical (unpaired) electrons. The molecule has 0 saturated carbocycles. The Morgan fingerprint density at radius 1 is 1.42 bits per heavy atom. The molecule has 1 aromatic carbocycles. The molecule has 0 unspecified atom stereocenters. The van der Waals surface area contributed by atoms with Gasteiger partial charge >= 0.3 is 0 Å². The molecular weight excluding hydrogens is 256 g/mol. The fourth-order valence-electron chi connectivity index (χ4n) is 1.19. The van der Waals surface area contributed by atoms with Crippen LogP contribution in [0.15, 0.2) is 22.7 Å². The summed E-state index contributed by atoms with van der Waals surface area (Å²) in [4.78, 5) is 0. The molecule has 1 aromatic heterocycles. The van der Waals surface area contributed by atoms with Crippen molar-refractivity contribution in [3.63, 3.8) is 0 Å². The van der Waals surface area contributed by atoms with Gasteiger partial charge in [0.05, 0.1) is 4.34 Å². The van der Waals surface area contributed by atoms with Crippen molar-refractivity contribution >= 4 is 49.0 Å². The highest BCUT2D eigenvalue weighted by molar-refractivity contribution is 9.10. The maximum absolute atomic E-state index is 5.91. The number of halogens is 2. The molecule has 0 spiro atoms. The van der Waals surface area contributed by atoms with Crippen molar-refractivity contribution in [2.24, 2.45) is 0 Å². The summed E-state index contributed by atoms with van der Waals surface area (Å²) in [7, 11) is 0. The molecule has 0 nitrogen and oxygen atoms in total. The molecule has 0 fully saturated rings. The third-order valence-corrected chi connectivity index (χ3v) is 3.96. The minimum atomic E-state index is 0.853. The number of aryl methyl sites for hydroxylation is 1. The summed E-state index contributed by atoms with van der Waals surface area (Å²) >= 11 is 11.0. The van der Waals surface area contributed by atoms with Crippen molar-refractivity contribution in [2.75, 3.05) is 0 Å². The van der Waals surface area contributed by atoms with Gasteiger partial charge in [-0.2, -0.15) is 0 Å². The lowest BCUT2D eigenvalue weighted by Gasteiger charge is -1.97. The Kier molecular flexibility index (Phi) is 2.15. The molecule has 0 saturated heterocycles. The fraction of sp³-hybridized carbons (Fsp3) is 0.111. The predicted octanol–water partition coefficient (Wildman–Crippen LogP) is 4.63. The normalized spacial score (nSPS) is 10.9. The zero-order valence-electron chi connectivity index (χ0n) is 6.40. The minimum absolute atomic E-state index is 0.853. The quantitative estimate of drug-likeness (QED) is 0.649. The first-order chi connectivity index (χ1) is 5.68. The van der Waals surface area contributed by atoms with Gasteiger partial charge in [0.2, 0.25) is 0 Å². The van der Waals surface area contributed by atoms with Crippen LogP contribution in [-0.4, -0.2) is 0 Å². The molecule has 3 heteroatoms. The van der Waals surface area contributed by atoms with Gasteiger partial charge in [-0.3, -0.25) is 0 Å². The zero-order valence-corrected chi connectivity index (χ0v) is 9.55. The van der Waals surface area contributed by atoms with Gasteiger partial charge < -0.3 is 0 Å². The third-order valence-electron chi connectivity index (χ3n) is 1.87. The summed E-state index contributed by atoms with van der Waals surface area (Å²) in [6, 6.07) is 6.16. The van der Waals surface area contributed by atoms with E-state index >= 15 is 0 Å². The van der Waals surface area contributed by atoms with Gasteiger partial charge in [-0.25, -0.2) is 0 Å². The average Bonchev–Trinajstić information content (AvgIpc) is 2.39. The van der Waals surface area contributed by atoms with Gasteiger partial charge in [-0.15, -0.1) is 11.3 Å². The smallest absolute Gasteiger partial charge is 0.0940 e. The SMILES string of the molecule is Cc1c(Br)ccc2sc(Cl)cc12. The Morgan fingerprint density at radius 3 is 2.92 bits per heavy atom. The second-order valence-corrected chi connectivity index (χ2v) is 5.20. The first kappa shape index (κ1) is 8.54. The first-order valence-corrected chi connectivity index (χ1v) is 5.51. The summed E-state index contributed by atoms with van der Waals surface area (Å²) < 4.78 is 3.25. The minimum Gasteiger partial charge on any atom is -0.123 e. The van der Waals surface area contributed by atoms with E-state index in [2.05, 4.69) is 35.0 Å². The Hall–Kier alpha value is -0.0500. The average molecular weight is 262 g/mol. The molecule has 0 aliphatic rings. The molecule has 0 N–H and O–H groups in total. The van der Waals surface area contributed by atoms with Crippen LogP contribution in [0.2, 0.25) is 4.34 Å². The highest BCUT2D eigenvalue weighted by Crippen LogP contribution is 2.34. The summed E-state index contributed by atoms with van der Waals surface area (Å²) in [6.45, 7) is 2.09. The molecule has 0 aliphatic heterocycles. The zero-order chi connectivity index (χ0) is 8.72. The second kappa shape index (κ2) is 3.02. The van der Waals surface area contributed by atoms with Crippen LogP contribution < -0.4 is 0 Å². The van der Waals surface area contributed by atoms with Crippen molar-refractivity contribution in [2.45, 2.75) is 6.92 Å². The van der Waals surface area contributed by atoms with Crippen LogP contribution in [0.4, 0.5) is 0 Å². The van der Waals surface area contributed by atoms with E-state index in [4.69, 9.17) is 11.6 Å². The van der Waals surface area contributed by atoms with Gasteiger partial charge in [-0.1, -0.05) is 27.5 Å². The maximum atomic E-state index is 5.91. The van der Waals surface area contributed by atoms with Gasteiger partial charge in [0.25, 0.3) is 0 Å². The first-order valence-electron chi connectivity index (χ1n) is 3.52. The van der Waals surface area contributed by atoms with Crippen LogP contribution in [0.3, 0.4) is 0 Å². The standard InChI is InChI=1S/C9H6BrClS/c1-5-6-4-9(11)12-8(6)3-2-7(5)10/h2-4H,1H3. The fourth-order valence-corrected chi connectivity index (χ4v) is 2.74. The van der Waals surface area contributed by atoms with Gasteiger partial charge in [0.15, 0.2) is 0 Å². The Balaban J connectivity index is 2.89. The van der Waals surface area contributed by atoms with E-state index in [1.165, 1.54) is 15.6 Å². The van der Waals surface area contributed by atoms with Crippen LogP contribution in [-0.2, 0) is 0 Å². The highest BCUT2D eigenvalue weighted by atomic mass is 79.9. The van der Waals surface area contributed by atoms with Crippen LogP contribution in [0, 0.1) is 6.92 Å². The predicted molar refractivity (Wildman–Crippen MR) is 59.3 cm³/mol. The molecule has 0 atom stereocenters. The molecule has 2 rings (SSSR count). The van der Waals surface area contributed by atoms with Gasteiger partial charge in [0.1, 0.15) is 0 Å². The van der Waals surface area contributed by atoms with Crippen LogP contribution >= 0.6 is 38.9 Å². The summed E-state index contributed by atoms with van der Waals surface area (Å²) in [5, 5.41) is 1.25. The lowest BCUT2D eigenvalue weighted by atomic mass is 10.2. The molecule has 2 aromatic rings. The monoisotopic (exact) mass is 260 g/mol. The lowest BCUT2D eigenvalue weighted by Crippen LogP contribution is -1.74. The third kappa shape index (κ3) is 1.28. The topological polar surface area (TPSA) is 0 Å². The van der Waals surface area contributed by atoms with E-state index in [1.807, 2.05) is 6.07 Å². The van der Waals surface area contributed by atoms with E-state index in [0.717, 1.165) is 8.81 Å². The summed E-state index contributed by atoms with van der Waals surface area (Å²) in [5.41, 5.74) is 1.26. The molecular formula is C9H6BrClS. The van der Waals surface area contributed by atoms with Crippen molar-refractivity contribution in [3.05, 3.63) is 32.6 Å².